The first kappa shape index (κ1) is 16.7. The maximum atomic E-state index is 12.8. The summed E-state index contributed by atoms with van der Waals surface area (Å²) in [7, 11) is 0. The standard InChI is InChI=1S/C15H18F3N5O/c1-10(2)23-8-13(20-21-23)14(24)4-6-22(9-14)11-3-5-19-12(7-11)15(16,17)18/h3,5,7-8,10,24H,4,6,9H2,1-2H3/t14-/m0/s1. The van der Waals surface area contributed by atoms with Gasteiger partial charge in [0.2, 0.25) is 0 Å². The van der Waals surface area contributed by atoms with Crippen LogP contribution in [0.3, 0.4) is 0 Å². The van der Waals surface area contributed by atoms with E-state index in [0.717, 1.165) is 12.3 Å². The maximum absolute atomic E-state index is 12.8. The zero-order chi connectivity index (χ0) is 17.5. The molecule has 0 aliphatic carbocycles. The predicted molar refractivity (Wildman–Crippen MR) is 80.4 cm³/mol. The van der Waals surface area contributed by atoms with Gasteiger partial charge in [0.15, 0.2) is 0 Å². The average Bonchev–Trinajstić information content (AvgIpc) is 3.14. The first-order valence-electron chi connectivity index (χ1n) is 7.62. The number of rotatable bonds is 3. The minimum atomic E-state index is -4.49. The molecule has 1 N–H and O–H groups in total. The van der Waals surface area contributed by atoms with Crippen molar-refractivity contribution >= 4 is 5.69 Å². The summed E-state index contributed by atoms with van der Waals surface area (Å²) in [6.45, 7) is 4.47. The van der Waals surface area contributed by atoms with Gasteiger partial charge in [-0.3, -0.25) is 4.98 Å². The van der Waals surface area contributed by atoms with E-state index in [9.17, 15) is 18.3 Å². The van der Waals surface area contributed by atoms with Crippen LogP contribution in [-0.2, 0) is 11.8 Å². The van der Waals surface area contributed by atoms with E-state index in [0.29, 0.717) is 24.3 Å². The average molecular weight is 341 g/mol. The Morgan fingerprint density at radius 2 is 2.08 bits per heavy atom. The molecule has 0 unspecified atom stereocenters. The number of alkyl halides is 3. The Labute approximate surface area is 136 Å². The van der Waals surface area contributed by atoms with Crippen LogP contribution >= 0.6 is 0 Å². The number of halogens is 3. The van der Waals surface area contributed by atoms with E-state index in [-0.39, 0.29) is 12.6 Å². The fourth-order valence-corrected chi connectivity index (χ4v) is 2.74. The first-order valence-corrected chi connectivity index (χ1v) is 7.62. The molecule has 0 bridgehead atoms. The number of pyridine rings is 1. The Bertz CT molecular complexity index is 730. The van der Waals surface area contributed by atoms with E-state index in [1.165, 1.54) is 6.07 Å². The lowest BCUT2D eigenvalue weighted by molar-refractivity contribution is -0.141. The molecule has 9 heteroatoms. The molecule has 6 nitrogen and oxygen atoms in total. The van der Waals surface area contributed by atoms with Gasteiger partial charge in [-0.05, 0) is 26.0 Å². The predicted octanol–water partition coefficient (Wildman–Crippen LogP) is 2.37. The van der Waals surface area contributed by atoms with Crippen LogP contribution in [0.15, 0.2) is 24.5 Å². The van der Waals surface area contributed by atoms with E-state index >= 15 is 0 Å². The van der Waals surface area contributed by atoms with Crippen LogP contribution in [0, 0.1) is 0 Å². The molecule has 3 heterocycles. The fourth-order valence-electron chi connectivity index (χ4n) is 2.74. The van der Waals surface area contributed by atoms with Crippen LogP contribution in [-0.4, -0.2) is 38.2 Å². The molecule has 1 fully saturated rings. The second-order valence-corrected chi connectivity index (χ2v) is 6.28. The minimum Gasteiger partial charge on any atom is -0.381 e. The lowest BCUT2D eigenvalue weighted by atomic mass is 10.00. The Morgan fingerprint density at radius 3 is 2.71 bits per heavy atom. The van der Waals surface area contributed by atoms with E-state index in [1.807, 2.05) is 13.8 Å². The third-order valence-corrected chi connectivity index (χ3v) is 4.16. The minimum absolute atomic E-state index is 0.113. The lowest BCUT2D eigenvalue weighted by Gasteiger charge is -2.23. The molecule has 0 amide bonds. The van der Waals surface area contributed by atoms with Crippen molar-refractivity contribution in [2.24, 2.45) is 0 Å². The molecule has 24 heavy (non-hydrogen) atoms. The summed E-state index contributed by atoms with van der Waals surface area (Å²) < 4.78 is 40.0. The van der Waals surface area contributed by atoms with Crippen molar-refractivity contribution in [2.75, 3.05) is 18.0 Å². The Balaban J connectivity index is 1.82. The normalized spacial score (nSPS) is 21.7. The zero-order valence-electron chi connectivity index (χ0n) is 13.3. The van der Waals surface area contributed by atoms with Gasteiger partial charge in [-0.15, -0.1) is 5.10 Å². The highest BCUT2D eigenvalue weighted by Crippen LogP contribution is 2.35. The second kappa shape index (κ2) is 5.73. The number of hydrogen-bond donors (Lipinski definition) is 1. The maximum Gasteiger partial charge on any atom is 0.433 e. The van der Waals surface area contributed by atoms with Gasteiger partial charge < -0.3 is 10.0 Å². The lowest BCUT2D eigenvalue weighted by Crippen LogP contribution is -2.31. The van der Waals surface area contributed by atoms with Crippen molar-refractivity contribution in [3.63, 3.8) is 0 Å². The molecule has 1 saturated heterocycles. The molecule has 1 atom stereocenters. The molecule has 130 valence electrons. The van der Waals surface area contributed by atoms with Crippen molar-refractivity contribution in [1.82, 2.24) is 20.0 Å². The molecule has 0 spiro atoms. The van der Waals surface area contributed by atoms with Gasteiger partial charge in [0.1, 0.15) is 17.0 Å². The second-order valence-electron chi connectivity index (χ2n) is 6.28. The molecule has 2 aromatic heterocycles. The summed E-state index contributed by atoms with van der Waals surface area (Å²) in [6.07, 6.45) is -1.31. The molecular weight excluding hydrogens is 323 g/mol. The SMILES string of the molecule is CC(C)n1cc([C@]2(O)CCN(c3ccnc(C(F)(F)F)c3)C2)nn1. The molecule has 0 saturated carbocycles. The van der Waals surface area contributed by atoms with Crippen molar-refractivity contribution in [1.29, 1.82) is 0 Å². The number of nitrogens with zero attached hydrogens (tertiary/aromatic N) is 5. The van der Waals surface area contributed by atoms with Crippen molar-refractivity contribution < 1.29 is 18.3 Å². The summed E-state index contributed by atoms with van der Waals surface area (Å²) in [5, 5.41) is 18.8. The van der Waals surface area contributed by atoms with Crippen LogP contribution < -0.4 is 4.90 Å². The highest BCUT2D eigenvalue weighted by Gasteiger charge is 2.41. The van der Waals surface area contributed by atoms with Crippen LogP contribution in [0.4, 0.5) is 18.9 Å². The van der Waals surface area contributed by atoms with Gasteiger partial charge in [0.25, 0.3) is 0 Å². The van der Waals surface area contributed by atoms with Gasteiger partial charge in [-0.25, -0.2) is 4.68 Å². The fraction of sp³-hybridized carbons (Fsp3) is 0.533. The molecule has 3 rings (SSSR count). The number of anilines is 1. The van der Waals surface area contributed by atoms with Gasteiger partial charge >= 0.3 is 6.18 Å². The number of aromatic nitrogens is 4. The highest BCUT2D eigenvalue weighted by molar-refractivity contribution is 5.49. The van der Waals surface area contributed by atoms with Crippen LogP contribution in [0.25, 0.3) is 0 Å². The smallest absolute Gasteiger partial charge is 0.381 e. The summed E-state index contributed by atoms with van der Waals surface area (Å²) in [6, 6.07) is 2.62. The largest absolute Gasteiger partial charge is 0.433 e. The van der Waals surface area contributed by atoms with Gasteiger partial charge in [0, 0.05) is 30.9 Å². The highest BCUT2D eigenvalue weighted by atomic mass is 19.4. The summed E-state index contributed by atoms with van der Waals surface area (Å²) >= 11 is 0. The first-order chi connectivity index (χ1) is 11.2. The summed E-state index contributed by atoms with van der Waals surface area (Å²) in [5.41, 5.74) is -1.36. The molecule has 0 radical (unpaired) electrons. The Kier molecular flexibility index (Phi) is 3.98. The third kappa shape index (κ3) is 3.08. The monoisotopic (exact) mass is 341 g/mol. The zero-order valence-corrected chi connectivity index (χ0v) is 13.3. The Hall–Kier alpha value is -2.16. The van der Waals surface area contributed by atoms with E-state index < -0.39 is 17.5 Å². The van der Waals surface area contributed by atoms with Gasteiger partial charge in [-0.1, -0.05) is 5.21 Å². The molecular formula is C15H18F3N5O. The van der Waals surface area contributed by atoms with Gasteiger partial charge in [-0.2, -0.15) is 13.2 Å². The summed E-state index contributed by atoms with van der Waals surface area (Å²) in [4.78, 5) is 5.06. The number of aliphatic hydroxyl groups is 1. The topological polar surface area (TPSA) is 67.1 Å². The van der Waals surface area contributed by atoms with E-state index in [2.05, 4.69) is 15.3 Å². The molecule has 1 aliphatic rings. The quantitative estimate of drug-likeness (QED) is 0.928. The van der Waals surface area contributed by atoms with E-state index in [4.69, 9.17) is 0 Å². The van der Waals surface area contributed by atoms with Crippen molar-refractivity contribution in [3.8, 4) is 0 Å². The molecule has 1 aliphatic heterocycles. The Morgan fingerprint density at radius 1 is 1.33 bits per heavy atom. The summed E-state index contributed by atoms with van der Waals surface area (Å²) in [5.74, 6) is 0. The van der Waals surface area contributed by atoms with Crippen molar-refractivity contribution in [3.05, 3.63) is 35.9 Å². The molecule has 2 aromatic rings. The van der Waals surface area contributed by atoms with Crippen LogP contribution in [0.5, 0.6) is 0 Å². The number of β-amino-alcohol motifs (C(OH)–C–C–N with tert-alkyl or cyclic N) is 1. The van der Waals surface area contributed by atoms with Crippen LogP contribution in [0.1, 0.15) is 37.7 Å². The molecule has 0 aromatic carbocycles. The van der Waals surface area contributed by atoms with Crippen LogP contribution in [0.2, 0.25) is 0 Å². The van der Waals surface area contributed by atoms with E-state index in [1.54, 1.807) is 15.8 Å². The van der Waals surface area contributed by atoms with Crippen molar-refractivity contribution in [2.45, 2.75) is 38.1 Å². The number of hydrogen-bond acceptors (Lipinski definition) is 5. The van der Waals surface area contributed by atoms with Gasteiger partial charge in [0.05, 0.1) is 12.7 Å². The third-order valence-electron chi connectivity index (χ3n) is 4.16.